The molecule has 86 valence electrons. The Hall–Kier alpha value is -0.860. The standard InChI is InChI=1S/C14H20N2/c1-15-7-6-11-2-3-12-9-16(14-4-5-14)10-13(12)8-11/h2-3,8,14-15H,4-7,9-10H2,1H3. The molecule has 0 amide bonds. The predicted molar refractivity (Wildman–Crippen MR) is 66.3 cm³/mol. The molecule has 0 spiro atoms. The summed E-state index contributed by atoms with van der Waals surface area (Å²) >= 11 is 0. The lowest BCUT2D eigenvalue weighted by molar-refractivity contribution is 0.273. The first-order valence-electron chi connectivity index (χ1n) is 6.36. The Bertz CT molecular complexity index is 382. The van der Waals surface area contributed by atoms with Crippen molar-refractivity contribution in [3.63, 3.8) is 0 Å². The molecule has 0 aromatic heterocycles. The molecule has 3 rings (SSSR count). The van der Waals surface area contributed by atoms with E-state index in [2.05, 4.69) is 28.4 Å². The number of nitrogens with one attached hydrogen (secondary N) is 1. The molecular formula is C14H20N2. The number of likely N-dealkylation sites (N-methyl/N-ethyl adjacent to an activating group) is 1. The lowest BCUT2D eigenvalue weighted by Crippen LogP contribution is -2.18. The maximum absolute atomic E-state index is 3.21. The molecule has 0 saturated heterocycles. The highest BCUT2D eigenvalue weighted by atomic mass is 15.2. The normalized spacial score (nSPS) is 20.1. The quantitative estimate of drug-likeness (QED) is 0.827. The molecule has 16 heavy (non-hydrogen) atoms. The summed E-state index contributed by atoms with van der Waals surface area (Å²) in [5.74, 6) is 0. The van der Waals surface area contributed by atoms with E-state index in [1.165, 1.54) is 31.5 Å². The number of hydrogen-bond donors (Lipinski definition) is 1. The van der Waals surface area contributed by atoms with Crippen molar-refractivity contribution in [2.24, 2.45) is 0 Å². The molecule has 0 atom stereocenters. The van der Waals surface area contributed by atoms with Crippen LogP contribution in [0.15, 0.2) is 18.2 Å². The number of benzene rings is 1. The van der Waals surface area contributed by atoms with Crippen LogP contribution in [0.1, 0.15) is 29.5 Å². The van der Waals surface area contributed by atoms with Gasteiger partial charge >= 0.3 is 0 Å². The molecule has 0 radical (unpaired) electrons. The second-order valence-corrected chi connectivity index (χ2v) is 5.09. The van der Waals surface area contributed by atoms with E-state index in [0.29, 0.717) is 0 Å². The highest BCUT2D eigenvalue weighted by molar-refractivity contribution is 5.35. The van der Waals surface area contributed by atoms with Crippen molar-refractivity contribution < 1.29 is 0 Å². The molecule has 0 unspecified atom stereocenters. The molecule has 2 aliphatic rings. The van der Waals surface area contributed by atoms with Gasteiger partial charge in [0.1, 0.15) is 0 Å². The van der Waals surface area contributed by atoms with Gasteiger partial charge in [0.15, 0.2) is 0 Å². The van der Waals surface area contributed by atoms with Crippen LogP contribution in [-0.2, 0) is 19.5 Å². The average Bonchev–Trinajstić information content (AvgIpc) is 3.06. The minimum Gasteiger partial charge on any atom is -0.319 e. The first-order valence-corrected chi connectivity index (χ1v) is 6.36. The lowest BCUT2D eigenvalue weighted by atomic mass is 10.0. The Morgan fingerprint density at radius 2 is 2.06 bits per heavy atom. The molecule has 1 heterocycles. The van der Waals surface area contributed by atoms with Crippen LogP contribution < -0.4 is 5.32 Å². The zero-order chi connectivity index (χ0) is 11.0. The van der Waals surface area contributed by atoms with Gasteiger partial charge in [-0.05, 0) is 49.5 Å². The monoisotopic (exact) mass is 216 g/mol. The number of hydrogen-bond acceptors (Lipinski definition) is 2. The maximum atomic E-state index is 3.21. The smallest absolute Gasteiger partial charge is 0.0243 e. The van der Waals surface area contributed by atoms with Crippen LogP contribution in [0.25, 0.3) is 0 Å². The van der Waals surface area contributed by atoms with Crippen LogP contribution in [0, 0.1) is 0 Å². The minimum absolute atomic E-state index is 0.896. The van der Waals surface area contributed by atoms with E-state index in [1.54, 1.807) is 11.1 Å². The molecular weight excluding hydrogens is 196 g/mol. The fraction of sp³-hybridized carbons (Fsp3) is 0.571. The lowest BCUT2D eigenvalue weighted by Gasteiger charge is -2.11. The fourth-order valence-corrected chi connectivity index (χ4v) is 2.60. The Morgan fingerprint density at radius 1 is 1.25 bits per heavy atom. The molecule has 1 aliphatic carbocycles. The van der Waals surface area contributed by atoms with Crippen molar-refractivity contribution >= 4 is 0 Å². The molecule has 2 heteroatoms. The SMILES string of the molecule is CNCCc1ccc2c(c1)CN(C1CC1)C2. The van der Waals surface area contributed by atoms with E-state index in [9.17, 15) is 0 Å². The highest BCUT2D eigenvalue weighted by Crippen LogP contribution is 2.34. The Kier molecular flexibility index (Phi) is 2.70. The number of nitrogens with zero attached hydrogens (tertiary/aromatic N) is 1. The molecule has 1 aromatic rings. The largest absolute Gasteiger partial charge is 0.319 e. The van der Waals surface area contributed by atoms with Crippen LogP contribution in [0.4, 0.5) is 0 Å². The molecule has 1 aliphatic heterocycles. The topological polar surface area (TPSA) is 15.3 Å². The summed E-state index contributed by atoms with van der Waals surface area (Å²) in [4.78, 5) is 2.63. The second-order valence-electron chi connectivity index (χ2n) is 5.09. The van der Waals surface area contributed by atoms with Gasteiger partial charge in [-0.15, -0.1) is 0 Å². The molecule has 0 bridgehead atoms. The molecule has 1 aromatic carbocycles. The predicted octanol–water partition coefficient (Wildman–Crippen LogP) is 1.93. The van der Waals surface area contributed by atoms with E-state index in [-0.39, 0.29) is 0 Å². The minimum atomic E-state index is 0.896. The van der Waals surface area contributed by atoms with Gasteiger partial charge in [0.25, 0.3) is 0 Å². The van der Waals surface area contributed by atoms with E-state index in [0.717, 1.165) is 19.0 Å². The van der Waals surface area contributed by atoms with Gasteiger partial charge in [0, 0.05) is 19.1 Å². The van der Waals surface area contributed by atoms with Crippen molar-refractivity contribution in [3.8, 4) is 0 Å². The van der Waals surface area contributed by atoms with Gasteiger partial charge in [-0.25, -0.2) is 0 Å². The van der Waals surface area contributed by atoms with Crippen molar-refractivity contribution in [2.75, 3.05) is 13.6 Å². The summed E-state index contributed by atoms with van der Waals surface area (Å²) in [6.45, 7) is 3.45. The van der Waals surface area contributed by atoms with Crippen molar-refractivity contribution in [3.05, 3.63) is 34.9 Å². The number of fused-ring (bicyclic) bond motifs is 1. The van der Waals surface area contributed by atoms with Gasteiger partial charge in [-0.2, -0.15) is 0 Å². The Balaban J connectivity index is 1.72. The van der Waals surface area contributed by atoms with Crippen LogP contribution in [0.5, 0.6) is 0 Å². The Labute approximate surface area is 97.6 Å². The first-order chi connectivity index (χ1) is 7.86. The van der Waals surface area contributed by atoms with Gasteiger partial charge in [0.2, 0.25) is 0 Å². The maximum Gasteiger partial charge on any atom is 0.0243 e. The van der Waals surface area contributed by atoms with Crippen LogP contribution >= 0.6 is 0 Å². The molecule has 1 fully saturated rings. The summed E-state index contributed by atoms with van der Waals surface area (Å²) in [5, 5.41) is 3.21. The van der Waals surface area contributed by atoms with Crippen molar-refractivity contribution in [1.29, 1.82) is 0 Å². The summed E-state index contributed by atoms with van der Waals surface area (Å²) in [6.07, 6.45) is 3.98. The van der Waals surface area contributed by atoms with E-state index < -0.39 is 0 Å². The summed E-state index contributed by atoms with van der Waals surface area (Å²) < 4.78 is 0. The highest BCUT2D eigenvalue weighted by Gasteiger charge is 2.32. The van der Waals surface area contributed by atoms with E-state index in [1.807, 2.05) is 7.05 Å². The second kappa shape index (κ2) is 4.19. The molecule has 1 saturated carbocycles. The fourth-order valence-electron chi connectivity index (χ4n) is 2.60. The zero-order valence-corrected chi connectivity index (χ0v) is 10.00. The third-order valence-electron chi connectivity index (χ3n) is 3.74. The average molecular weight is 216 g/mol. The van der Waals surface area contributed by atoms with Crippen molar-refractivity contribution in [1.82, 2.24) is 10.2 Å². The first kappa shape index (κ1) is 10.3. The van der Waals surface area contributed by atoms with Crippen LogP contribution in [-0.4, -0.2) is 24.5 Å². The van der Waals surface area contributed by atoms with Gasteiger partial charge < -0.3 is 5.32 Å². The summed E-state index contributed by atoms with van der Waals surface area (Å²) in [5.41, 5.74) is 4.60. The Morgan fingerprint density at radius 3 is 2.81 bits per heavy atom. The number of rotatable bonds is 4. The van der Waals surface area contributed by atoms with Gasteiger partial charge in [0.05, 0.1) is 0 Å². The van der Waals surface area contributed by atoms with Gasteiger partial charge in [-0.3, -0.25) is 4.90 Å². The summed E-state index contributed by atoms with van der Waals surface area (Å²) in [7, 11) is 2.02. The van der Waals surface area contributed by atoms with E-state index >= 15 is 0 Å². The van der Waals surface area contributed by atoms with Crippen LogP contribution in [0.2, 0.25) is 0 Å². The third-order valence-corrected chi connectivity index (χ3v) is 3.74. The van der Waals surface area contributed by atoms with E-state index in [4.69, 9.17) is 0 Å². The molecule has 2 nitrogen and oxygen atoms in total. The van der Waals surface area contributed by atoms with Gasteiger partial charge in [-0.1, -0.05) is 18.2 Å². The molecule has 1 N–H and O–H groups in total. The third kappa shape index (κ3) is 2.00. The van der Waals surface area contributed by atoms with Crippen molar-refractivity contribution in [2.45, 2.75) is 38.4 Å². The summed E-state index contributed by atoms with van der Waals surface area (Å²) in [6, 6.07) is 7.94. The zero-order valence-electron chi connectivity index (χ0n) is 10.00. The van der Waals surface area contributed by atoms with Crippen LogP contribution in [0.3, 0.4) is 0 Å².